The first kappa shape index (κ1) is 23.1. The van der Waals surface area contributed by atoms with Gasteiger partial charge in [-0.2, -0.15) is 4.31 Å². The number of nitrogens with one attached hydrogen (secondary N) is 1. The van der Waals surface area contributed by atoms with Gasteiger partial charge < -0.3 is 14.8 Å². The third-order valence-electron chi connectivity index (χ3n) is 5.64. The van der Waals surface area contributed by atoms with Crippen molar-refractivity contribution in [1.29, 1.82) is 0 Å². The van der Waals surface area contributed by atoms with Crippen LogP contribution in [0.15, 0.2) is 53.4 Å². The molecule has 0 radical (unpaired) electrons. The third kappa shape index (κ3) is 5.98. The maximum atomic E-state index is 12.7. The summed E-state index contributed by atoms with van der Waals surface area (Å²) in [6, 6.07) is 14.1. The third-order valence-corrected chi connectivity index (χ3v) is 7.55. The molecule has 31 heavy (non-hydrogen) atoms. The van der Waals surface area contributed by atoms with Gasteiger partial charge in [0.2, 0.25) is 15.9 Å². The number of hydrogen-bond acceptors (Lipinski definition) is 5. The number of nitrogens with zero attached hydrogens (tertiary/aromatic N) is 1. The van der Waals surface area contributed by atoms with Crippen molar-refractivity contribution in [3.8, 4) is 11.5 Å². The van der Waals surface area contributed by atoms with Crippen LogP contribution in [-0.2, 0) is 21.2 Å². The maximum absolute atomic E-state index is 12.7. The molecule has 0 saturated carbocycles. The van der Waals surface area contributed by atoms with Crippen molar-refractivity contribution >= 4 is 15.9 Å². The van der Waals surface area contributed by atoms with Gasteiger partial charge in [0.25, 0.3) is 0 Å². The summed E-state index contributed by atoms with van der Waals surface area (Å²) in [6.07, 6.45) is 2.45. The first-order chi connectivity index (χ1) is 14.9. The topological polar surface area (TPSA) is 84.9 Å². The van der Waals surface area contributed by atoms with E-state index in [1.807, 2.05) is 18.2 Å². The van der Waals surface area contributed by atoms with Crippen molar-refractivity contribution in [2.45, 2.75) is 30.6 Å². The van der Waals surface area contributed by atoms with Crippen LogP contribution < -0.4 is 14.8 Å². The number of amides is 1. The summed E-state index contributed by atoms with van der Waals surface area (Å²) in [5.41, 5.74) is 1.00. The Hall–Kier alpha value is -2.58. The van der Waals surface area contributed by atoms with Crippen LogP contribution in [0.1, 0.15) is 24.8 Å². The van der Waals surface area contributed by atoms with Gasteiger partial charge in [0.05, 0.1) is 19.1 Å². The van der Waals surface area contributed by atoms with Gasteiger partial charge in [-0.3, -0.25) is 4.79 Å². The second kappa shape index (κ2) is 10.6. The summed E-state index contributed by atoms with van der Waals surface area (Å²) in [5, 5.41) is 2.97. The van der Waals surface area contributed by atoms with Crippen molar-refractivity contribution in [3.05, 3.63) is 54.1 Å². The fraction of sp³-hybridized carbons (Fsp3) is 0.435. The number of sulfonamides is 1. The number of rotatable bonds is 9. The average molecular weight is 447 g/mol. The number of methoxy groups -OCH3 is 2. The van der Waals surface area contributed by atoms with Crippen molar-refractivity contribution in [2.75, 3.05) is 33.9 Å². The number of benzene rings is 2. The fourth-order valence-corrected chi connectivity index (χ4v) is 5.32. The molecule has 8 heteroatoms. The van der Waals surface area contributed by atoms with Gasteiger partial charge in [-0.15, -0.1) is 0 Å². The molecule has 0 aliphatic carbocycles. The zero-order valence-electron chi connectivity index (χ0n) is 18.0. The lowest BCUT2D eigenvalue weighted by Crippen LogP contribution is -2.39. The Morgan fingerprint density at radius 1 is 1.06 bits per heavy atom. The summed E-state index contributed by atoms with van der Waals surface area (Å²) >= 11 is 0. The molecule has 7 nitrogen and oxygen atoms in total. The first-order valence-corrected chi connectivity index (χ1v) is 11.9. The highest BCUT2D eigenvalue weighted by Crippen LogP contribution is 2.26. The van der Waals surface area contributed by atoms with Gasteiger partial charge >= 0.3 is 0 Å². The molecule has 2 aromatic carbocycles. The van der Waals surface area contributed by atoms with Gasteiger partial charge in [0.1, 0.15) is 11.5 Å². The van der Waals surface area contributed by atoms with E-state index in [2.05, 4.69) is 5.32 Å². The smallest absolute Gasteiger partial charge is 0.243 e. The van der Waals surface area contributed by atoms with E-state index in [9.17, 15) is 13.2 Å². The Morgan fingerprint density at radius 2 is 1.77 bits per heavy atom. The maximum Gasteiger partial charge on any atom is 0.243 e. The van der Waals surface area contributed by atoms with E-state index < -0.39 is 10.0 Å². The Balaban J connectivity index is 1.43. The highest BCUT2D eigenvalue weighted by molar-refractivity contribution is 7.89. The second-order valence-electron chi connectivity index (χ2n) is 7.64. The molecular formula is C23H30N2O5S. The highest BCUT2D eigenvalue weighted by Gasteiger charge is 2.29. The number of hydrogen-bond donors (Lipinski definition) is 1. The normalized spacial score (nSPS) is 15.4. The lowest BCUT2D eigenvalue weighted by atomic mass is 9.94. The van der Waals surface area contributed by atoms with Crippen molar-refractivity contribution < 1.29 is 22.7 Å². The second-order valence-corrected chi connectivity index (χ2v) is 9.58. The monoisotopic (exact) mass is 446 g/mol. The van der Waals surface area contributed by atoms with E-state index in [1.54, 1.807) is 44.6 Å². The van der Waals surface area contributed by atoms with Crippen LogP contribution in [-0.4, -0.2) is 52.5 Å². The molecule has 2 aromatic rings. The largest absolute Gasteiger partial charge is 0.497 e. The number of carbonyl (C=O) groups is 1. The lowest BCUT2D eigenvalue weighted by molar-refractivity contribution is -0.122. The molecule has 0 bridgehead atoms. The van der Waals surface area contributed by atoms with E-state index in [0.29, 0.717) is 50.2 Å². The highest BCUT2D eigenvalue weighted by atomic mass is 32.2. The quantitative estimate of drug-likeness (QED) is 0.640. The molecule has 1 N–H and O–H groups in total. The molecule has 1 saturated heterocycles. The van der Waals surface area contributed by atoms with Gasteiger partial charge in [-0.25, -0.2) is 8.42 Å². The molecule has 0 atom stereocenters. The van der Waals surface area contributed by atoms with Crippen LogP contribution in [0.2, 0.25) is 0 Å². The molecule has 1 aliphatic heterocycles. The number of ether oxygens (including phenoxy) is 2. The summed E-state index contributed by atoms with van der Waals surface area (Å²) in [4.78, 5) is 12.7. The van der Waals surface area contributed by atoms with Crippen molar-refractivity contribution in [3.63, 3.8) is 0 Å². The zero-order chi connectivity index (χ0) is 22.3. The molecule has 0 spiro atoms. The Morgan fingerprint density at radius 3 is 2.42 bits per heavy atom. The van der Waals surface area contributed by atoms with E-state index in [0.717, 1.165) is 17.1 Å². The Bertz CT molecular complexity index is 971. The molecule has 1 fully saturated rings. The predicted molar refractivity (Wildman–Crippen MR) is 119 cm³/mol. The van der Waals surface area contributed by atoms with Crippen LogP contribution in [0, 0.1) is 5.92 Å². The first-order valence-electron chi connectivity index (χ1n) is 10.5. The summed E-state index contributed by atoms with van der Waals surface area (Å²) < 4.78 is 37.5. The Labute approximate surface area is 184 Å². The van der Waals surface area contributed by atoms with Crippen LogP contribution in [0.5, 0.6) is 11.5 Å². The van der Waals surface area contributed by atoms with Crippen LogP contribution >= 0.6 is 0 Å². The summed E-state index contributed by atoms with van der Waals surface area (Å²) in [7, 11) is -0.239. The minimum absolute atomic E-state index is 0.00292. The minimum atomic E-state index is -3.46. The minimum Gasteiger partial charge on any atom is -0.497 e. The fourth-order valence-electron chi connectivity index (χ4n) is 3.82. The van der Waals surface area contributed by atoms with Crippen LogP contribution in [0.4, 0.5) is 0 Å². The molecule has 0 unspecified atom stereocenters. The van der Waals surface area contributed by atoms with E-state index in [-0.39, 0.29) is 11.8 Å². The molecule has 1 aliphatic rings. The number of carbonyl (C=O) groups excluding carboxylic acids is 1. The SMILES string of the molecule is COc1ccc(CCNC(=O)CC2CCN(S(=O)(=O)c3ccccc3)CC2)c(OC)c1. The molecule has 1 amide bonds. The lowest BCUT2D eigenvalue weighted by Gasteiger charge is -2.31. The predicted octanol–water partition coefficient (Wildman–Crippen LogP) is 2.85. The Kier molecular flexibility index (Phi) is 7.92. The zero-order valence-corrected chi connectivity index (χ0v) is 18.9. The number of piperidine rings is 1. The van der Waals surface area contributed by atoms with Crippen LogP contribution in [0.3, 0.4) is 0 Å². The molecule has 3 rings (SSSR count). The van der Waals surface area contributed by atoms with Crippen molar-refractivity contribution in [2.24, 2.45) is 5.92 Å². The van der Waals surface area contributed by atoms with Gasteiger partial charge in [-0.05, 0) is 48.9 Å². The van der Waals surface area contributed by atoms with E-state index in [4.69, 9.17) is 9.47 Å². The van der Waals surface area contributed by atoms with Crippen LogP contribution in [0.25, 0.3) is 0 Å². The molecular weight excluding hydrogens is 416 g/mol. The van der Waals surface area contributed by atoms with Gasteiger partial charge in [0.15, 0.2) is 0 Å². The van der Waals surface area contributed by atoms with E-state index in [1.165, 1.54) is 4.31 Å². The standard InChI is InChI=1S/C23H30N2O5S/c1-29-20-9-8-19(22(17-20)30-2)10-13-24-23(26)16-18-11-14-25(15-12-18)31(27,28)21-6-4-3-5-7-21/h3-9,17-18H,10-16H2,1-2H3,(H,24,26). The molecule has 168 valence electrons. The molecule has 1 heterocycles. The summed E-state index contributed by atoms with van der Waals surface area (Å²) in [6.45, 7) is 1.40. The van der Waals surface area contributed by atoms with Gasteiger partial charge in [0, 0.05) is 32.1 Å². The summed E-state index contributed by atoms with van der Waals surface area (Å²) in [5.74, 6) is 1.65. The van der Waals surface area contributed by atoms with Gasteiger partial charge in [-0.1, -0.05) is 24.3 Å². The average Bonchev–Trinajstić information content (AvgIpc) is 2.80. The molecule has 0 aromatic heterocycles. The van der Waals surface area contributed by atoms with E-state index >= 15 is 0 Å². The van der Waals surface area contributed by atoms with Crippen molar-refractivity contribution in [1.82, 2.24) is 9.62 Å².